The SMILES string of the molecule is CC(C)(C)OC(=O)N1CCC[C@@H](NC(=O)c2ccc([N+](=O)[O-])cc2)C1. The number of carbonyl (C=O) groups is 2. The molecule has 0 unspecified atom stereocenters. The fourth-order valence-corrected chi connectivity index (χ4v) is 2.59. The summed E-state index contributed by atoms with van der Waals surface area (Å²) < 4.78 is 5.36. The van der Waals surface area contributed by atoms with E-state index in [-0.39, 0.29) is 23.7 Å². The van der Waals surface area contributed by atoms with Crippen molar-refractivity contribution in [2.45, 2.75) is 45.3 Å². The molecule has 0 spiro atoms. The van der Waals surface area contributed by atoms with E-state index < -0.39 is 10.5 Å². The maximum absolute atomic E-state index is 12.3. The molecule has 1 fully saturated rings. The summed E-state index contributed by atoms with van der Waals surface area (Å²) in [4.78, 5) is 36.2. The first-order chi connectivity index (χ1) is 11.7. The zero-order valence-electron chi connectivity index (χ0n) is 14.7. The number of piperidine rings is 1. The monoisotopic (exact) mass is 349 g/mol. The summed E-state index contributed by atoms with van der Waals surface area (Å²) in [5, 5.41) is 13.5. The third-order valence-electron chi connectivity index (χ3n) is 3.75. The first-order valence-corrected chi connectivity index (χ1v) is 8.19. The van der Waals surface area contributed by atoms with Crippen molar-refractivity contribution in [3.8, 4) is 0 Å². The molecule has 2 rings (SSSR count). The minimum Gasteiger partial charge on any atom is -0.444 e. The molecule has 0 saturated carbocycles. The molecule has 1 saturated heterocycles. The number of likely N-dealkylation sites (tertiary alicyclic amines) is 1. The third-order valence-corrected chi connectivity index (χ3v) is 3.75. The number of nitro groups is 1. The minimum absolute atomic E-state index is 0.0645. The largest absolute Gasteiger partial charge is 0.444 e. The number of non-ortho nitro benzene ring substituents is 1. The second kappa shape index (κ2) is 7.50. The Kier molecular flexibility index (Phi) is 5.61. The van der Waals surface area contributed by atoms with Crippen LogP contribution < -0.4 is 5.32 Å². The maximum atomic E-state index is 12.3. The van der Waals surface area contributed by atoms with Crippen molar-refractivity contribution in [1.82, 2.24) is 10.2 Å². The molecule has 25 heavy (non-hydrogen) atoms. The number of carbonyl (C=O) groups excluding carboxylic acids is 2. The Balaban J connectivity index is 1.94. The van der Waals surface area contributed by atoms with Crippen molar-refractivity contribution in [3.05, 3.63) is 39.9 Å². The third kappa shape index (κ3) is 5.44. The van der Waals surface area contributed by atoms with E-state index in [0.717, 1.165) is 12.8 Å². The van der Waals surface area contributed by atoms with Crippen LogP contribution in [0.15, 0.2) is 24.3 Å². The average molecular weight is 349 g/mol. The second-order valence-electron chi connectivity index (χ2n) is 7.04. The molecule has 1 atom stereocenters. The van der Waals surface area contributed by atoms with Crippen LogP contribution in [0, 0.1) is 10.1 Å². The number of hydrogen-bond acceptors (Lipinski definition) is 5. The number of amides is 2. The van der Waals surface area contributed by atoms with Crippen LogP contribution in [0.5, 0.6) is 0 Å². The number of nitro benzene ring substituents is 1. The lowest BCUT2D eigenvalue weighted by Gasteiger charge is -2.34. The van der Waals surface area contributed by atoms with E-state index in [4.69, 9.17) is 4.74 Å². The van der Waals surface area contributed by atoms with Gasteiger partial charge in [0.2, 0.25) is 0 Å². The molecule has 0 aliphatic carbocycles. The molecule has 1 aromatic carbocycles. The van der Waals surface area contributed by atoms with Gasteiger partial charge in [-0.15, -0.1) is 0 Å². The summed E-state index contributed by atoms with van der Waals surface area (Å²) in [7, 11) is 0. The molecular weight excluding hydrogens is 326 g/mol. The zero-order valence-corrected chi connectivity index (χ0v) is 14.7. The molecule has 1 aliphatic rings. The fourth-order valence-electron chi connectivity index (χ4n) is 2.59. The molecule has 8 nitrogen and oxygen atoms in total. The van der Waals surface area contributed by atoms with Crippen LogP contribution in [0.1, 0.15) is 44.0 Å². The van der Waals surface area contributed by atoms with Crippen molar-refractivity contribution in [2.75, 3.05) is 13.1 Å². The summed E-state index contributed by atoms with van der Waals surface area (Å²) in [6.07, 6.45) is 1.14. The highest BCUT2D eigenvalue weighted by Crippen LogP contribution is 2.16. The summed E-state index contributed by atoms with van der Waals surface area (Å²) in [5.74, 6) is -0.314. The predicted octanol–water partition coefficient (Wildman–Crippen LogP) is 2.72. The van der Waals surface area contributed by atoms with Crippen LogP contribution in [0.4, 0.5) is 10.5 Å². The van der Waals surface area contributed by atoms with Crippen molar-refractivity contribution in [2.24, 2.45) is 0 Å². The van der Waals surface area contributed by atoms with Gasteiger partial charge in [-0.1, -0.05) is 0 Å². The lowest BCUT2D eigenvalue weighted by molar-refractivity contribution is -0.384. The molecule has 1 N–H and O–H groups in total. The van der Waals surface area contributed by atoms with E-state index in [1.165, 1.54) is 24.3 Å². The van der Waals surface area contributed by atoms with E-state index in [1.54, 1.807) is 4.90 Å². The van der Waals surface area contributed by atoms with E-state index in [9.17, 15) is 19.7 Å². The molecule has 1 aliphatic heterocycles. The van der Waals surface area contributed by atoms with Crippen LogP contribution >= 0.6 is 0 Å². The van der Waals surface area contributed by atoms with E-state index >= 15 is 0 Å². The van der Waals surface area contributed by atoms with Crippen LogP contribution in [-0.4, -0.2) is 46.6 Å². The van der Waals surface area contributed by atoms with Crippen LogP contribution in [-0.2, 0) is 4.74 Å². The Morgan fingerprint density at radius 1 is 1.28 bits per heavy atom. The van der Waals surface area contributed by atoms with Gasteiger partial charge in [-0.2, -0.15) is 0 Å². The topological polar surface area (TPSA) is 102 Å². The van der Waals surface area contributed by atoms with Gasteiger partial charge in [0.15, 0.2) is 0 Å². The van der Waals surface area contributed by atoms with Gasteiger partial charge in [0, 0.05) is 36.8 Å². The van der Waals surface area contributed by atoms with E-state index in [2.05, 4.69) is 5.32 Å². The van der Waals surface area contributed by atoms with Gasteiger partial charge in [-0.05, 0) is 45.7 Å². The molecule has 2 amide bonds. The standard InChI is InChI=1S/C17H23N3O5/c1-17(2,3)25-16(22)19-10-4-5-13(11-19)18-15(21)12-6-8-14(9-7-12)20(23)24/h6-9,13H,4-5,10-11H2,1-3H3,(H,18,21)/t13-/m1/s1. The molecule has 8 heteroatoms. The first kappa shape index (κ1) is 18.7. The number of nitrogens with one attached hydrogen (secondary N) is 1. The molecule has 0 aromatic heterocycles. The summed E-state index contributed by atoms with van der Waals surface area (Å²) in [6.45, 7) is 6.40. The van der Waals surface area contributed by atoms with Crippen molar-refractivity contribution >= 4 is 17.7 Å². The van der Waals surface area contributed by atoms with Gasteiger partial charge in [0.1, 0.15) is 5.60 Å². The number of hydrogen-bond donors (Lipinski definition) is 1. The summed E-state index contributed by atoms with van der Waals surface area (Å²) in [6, 6.07) is 5.25. The Morgan fingerprint density at radius 2 is 1.92 bits per heavy atom. The van der Waals surface area contributed by atoms with Gasteiger partial charge in [-0.3, -0.25) is 14.9 Å². The normalized spacial score (nSPS) is 17.7. The highest BCUT2D eigenvalue weighted by Gasteiger charge is 2.28. The van der Waals surface area contributed by atoms with Gasteiger partial charge < -0.3 is 15.0 Å². The molecule has 0 radical (unpaired) electrons. The average Bonchev–Trinajstić information content (AvgIpc) is 2.53. The van der Waals surface area contributed by atoms with Gasteiger partial charge in [-0.25, -0.2) is 4.79 Å². The molecule has 136 valence electrons. The Labute approximate surface area is 146 Å². The Morgan fingerprint density at radius 3 is 2.48 bits per heavy atom. The Bertz CT molecular complexity index is 651. The lowest BCUT2D eigenvalue weighted by Crippen LogP contribution is -2.50. The molecular formula is C17H23N3O5. The van der Waals surface area contributed by atoms with Crippen LogP contribution in [0.2, 0.25) is 0 Å². The van der Waals surface area contributed by atoms with Crippen LogP contribution in [0.3, 0.4) is 0 Å². The zero-order chi connectivity index (χ0) is 18.6. The van der Waals surface area contributed by atoms with E-state index in [1.807, 2.05) is 20.8 Å². The van der Waals surface area contributed by atoms with Crippen molar-refractivity contribution in [3.63, 3.8) is 0 Å². The van der Waals surface area contributed by atoms with Gasteiger partial charge in [0.25, 0.3) is 11.6 Å². The summed E-state index contributed by atoms with van der Waals surface area (Å²) >= 11 is 0. The van der Waals surface area contributed by atoms with E-state index in [0.29, 0.717) is 18.7 Å². The van der Waals surface area contributed by atoms with Crippen molar-refractivity contribution in [1.29, 1.82) is 0 Å². The van der Waals surface area contributed by atoms with Crippen LogP contribution in [0.25, 0.3) is 0 Å². The fraction of sp³-hybridized carbons (Fsp3) is 0.529. The number of nitrogens with zero attached hydrogens (tertiary/aromatic N) is 2. The van der Waals surface area contributed by atoms with Crippen molar-refractivity contribution < 1.29 is 19.2 Å². The second-order valence-corrected chi connectivity index (χ2v) is 7.04. The van der Waals surface area contributed by atoms with Gasteiger partial charge in [0.05, 0.1) is 4.92 Å². The quantitative estimate of drug-likeness (QED) is 0.668. The number of ether oxygens (including phenoxy) is 1. The van der Waals surface area contributed by atoms with Gasteiger partial charge >= 0.3 is 6.09 Å². The molecule has 0 bridgehead atoms. The predicted molar refractivity (Wildman–Crippen MR) is 91.4 cm³/mol. The lowest BCUT2D eigenvalue weighted by atomic mass is 10.1. The number of rotatable bonds is 3. The Hall–Kier alpha value is -2.64. The molecule has 1 heterocycles. The number of benzene rings is 1. The summed E-state index contributed by atoms with van der Waals surface area (Å²) in [5.41, 5.74) is -0.281. The minimum atomic E-state index is -0.563. The molecule has 1 aromatic rings. The highest BCUT2D eigenvalue weighted by molar-refractivity contribution is 5.94. The highest BCUT2D eigenvalue weighted by atomic mass is 16.6. The maximum Gasteiger partial charge on any atom is 0.410 e. The smallest absolute Gasteiger partial charge is 0.410 e. The first-order valence-electron chi connectivity index (χ1n) is 8.19.